The first-order chi connectivity index (χ1) is 8.08. The maximum Gasteiger partial charge on any atom is 0.310 e. The molecular formula is C11H12Br2O4. The molecule has 0 unspecified atom stereocenters. The highest BCUT2D eigenvalue weighted by Crippen LogP contribution is 2.27. The third kappa shape index (κ3) is 4.39. The van der Waals surface area contributed by atoms with Crippen LogP contribution < -0.4 is 0 Å². The Hall–Kier alpha value is -0.430. The van der Waals surface area contributed by atoms with Crippen molar-refractivity contribution in [3.63, 3.8) is 0 Å². The number of carbonyl (C=O) groups is 1. The topological polar surface area (TPSA) is 44.8 Å². The lowest BCUT2D eigenvalue weighted by Crippen LogP contribution is -2.05. The van der Waals surface area contributed by atoms with Gasteiger partial charge in [0.25, 0.3) is 0 Å². The van der Waals surface area contributed by atoms with Gasteiger partial charge in [0.15, 0.2) is 0 Å². The molecule has 17 heavy (non-hydrogen) atoms. The van der Waals surface area contributed by atoms with Crippen LogP contribution in [-0.2, 0) is 32.3 Å². The predicted molar refractivity (Wildman–Crippen MR) is 69.4 cm³/mol. The number of benzene rings is 1. The van der Waals surface area contributed by atoms with E-state index in [0.717, 1.165) is 20.1 Å². The fourth-order valence-electron chi connectivity index (χ4n) is 1.23. The van der Waals surface area contributed by atoms with Gasteiger partial charge in [0.2, 0.25) is 0 Å². The summed E-state index contributed by atoms with van der Waals surface area (Å²) in [5, 5.41) is 0. The Morgan fingerprint density at radius 1 is 1.18 bits per heavy atom. The van der Waals surface area contributed by atoms with Crippen molar-refractivity contribution in [3.8, 4) is 0 Å². The van der Waals surface area contributed by atoms with E-state index >= 15 is 0 Å². The van der Waals surface area contributed by atoms with Crippen LogP contribution in [0.1, 0.15) is 11.1 Å². The molecule has 0 aliphatic rings. The van der Waals surface area contributed by atoms with E-state index in [0.29, 0.717) is 6.61 Å². The van der Waals surface area contributed by atoms with Gasteiger partial charge in [-0.15, -0.1) is 0 Å². The van der Waals surface area contributed by atoms with Gasteiger partial charge in [-0.25, -0.2) is 9.78 Å². The second-order valence-electron chi connectivity index (χ2n) is 3.22. The minimum Gasteiger partial charge on any atom is -0.469 e. The molecule has 0 fully saturated rings. The number of esters is 1. The maximum atomic E-state index is 11.2. The molecule has 0 atom stereocenters. The van der Waals surface area contributed by atoms with Gasteiger partial charge >= 0.3 is 5.97 Å². The number of methoxy groups -OCH3 is 1. The summed E-state index contributed by atoms with van der Waals surface area (Å²) < 4.78 is 6.32. The molecule has 0 saturated heterocycles. The van der Waals surface area contributed by atoms with Gasteiger partial charge < -0.3 is 4.74 Å². The van der Waals surface area contributed by atoms with E-state index in [-0.39, 0.29) is 12.4 Å². The van der Waals surface area contributed by atoms with Crippen molar-refractivity contribution >= 4 is 37.8 Å². The lowest BCUT2D eigenvalue weighted by atomic mass is 10.1. The molecule has 0 aliphatic heterocycles. The number of halogens is 2. The average Bonchev–Trinajstić information content (AvgIpc) is 2.31. The van der Waals surface area contributed by atoms with E-state index in [4.69, 9.17) is 4.89 Å². The van der Waals surface area contributed by atoms with Crippen LogP contribution in [0.25, 0.3) is 0 Å². The lowest BCUT2D eigenvalue weighted by Gasteiger charge is -2.09. The first-order valence-electron chi connectivity index (χ1n) is 4.77. The van der Waals surface area contributed by atoms with E-state index in [1.165, 1.54) is 14.2 Å². The standard InChI is InChI=1S/C11H12Br2O4/c1-15-11(14)5-7-3-10(13)8(4-9(7)12)6-17-16-2/h3-4H,5-6H2,1-2H3. The molecule has 0 spiro atoms. The minimum atomic E-state index is -0.279. The van der Waals surface area contributed by atoms with Gasteiger partial charge in [-0.1, -0.05) is 31.9 Å². The quantitative estimate of drug-likeness (QED) is 0.456. The van der Waals surface area contributed by atoms with Crippen molar-refractivity contribution < 1.29 is 19.3 Å². The Kier molecular flexibility index (Phi) is 6.11. The number of rotatable bonds is 5. The van der Waals surface area contributed by atoms with E-state index in [9.17, 15) is 4.79 Å². The number of carbonyl (C=O) groups excluding carboxylic acids is 1. The predicted octanol–water partition coefficient (Wildman–Crippen LogP) is 3.01. The Morgan fingerprint density at radius 3 is 2.35 bits per heavy atom. The van der Waals surface area contributed by atoms with Gasteiger partial charge in [0.1, 0.15) is 6.61 Å². The third-order valence-electron chi connectivity index (χ3n) is 2.11. The Morgan fingerprint density at radius 2 is 1.76 bits per heavy atom. The van der Waals surface area contributed by atoms with Crippen LogP contribution in [0, 0.1) is 0 Å². The number of ether oxygens (including phenoxy) is 1. The summed E-state index contributed by atoms with van der Waals surface area (Å²) in [5.74, 6) is -0.279. The van der Waals surface area contributed by atoms with Crippen molar-refractivity contribution in [2.75, 3.05) is 14.2 Å². The molecule has 0 radical (unpaired) electrons. The number of hydrogen-bond donors (Lipinski definition) is 0. The molecule has 0 bridgehead atoms. The van der Waals surface area contributed by atoms with E-state index in [1.54, 1.807) is 0 Å². The van der Waals surface area contributed by atoms with E-state index in [2.05, 4.69) is 41.5 Å². The molecule has 6 heteroatoms. The van der Waals surface area contributed by atoms with Crippen molar-refractivity contribution in [3.05, 3.63) is 32.2 Å². The molecule has 1 aromatic rings. The fourth-order valence-corrected chi connectivity index (χ4v) is 2.26. The monoisotopic (exact) mass is 366 g/mol. The SMILES string of the molecule is COOCc1cc(Br)c(CC(=O)OC)cc1Br. The normalized spacial score (nSPS) is 10.4. The van der Waals surface area contributed by atoms with E-state index in [1.807, 2.05) is 12.1 Å². The maximum absolute atomic E-state index is 11.2. The molecule has 0 amide bonds. The highest BCUT2D eigenvalue weighted by molar-refractivity contribution is 9.11. The first-order valence-corrected chi connectivity index (χ1v) is 6.36. The Balaban J connectivity index is 2.88. The van der Waals surface area contributed by atoms with E-state index < -0.39 is 0 Å². The minimum absolute atomic E-state index is 0.223. The zero-order valence-corrected chi connectivity index (χ0v) is 12.6. The molecule has 0 aliphatic carbocycles. The molecule has 0 saturated carbocycles. The molecule has 94 valence electrons. The second kappa shape index (κ2) is 7.10. The summed E-state index contributed by atoms with van der Waals surface area (Å²) >= 11 is 6.82. The number of hydrogen-bond acceptors (Lipinski definition) is 4. The summed E-state index contributed by atoms with van der Waals surface area (Å²) in [6.07, 6.45) is 0.223. The molecule has 1 aromatic carbocycles. The third-order valence-corrected chi connectivity index (χ3v) is 3.59. The van der Waals surface area contributed by atoms with Crippen LogP contribution >= 0.6 is 31.9 Å². The van der Waals surface area contributed by atoms with Crippen molar-refractivity contribution in [1.29, 1.82) is 0 Å². The largest absolute Gasteiger partial charge is 0.469 e. The summed E-state index contributed by atoms with van der Waals surface area (Å²) in [6, 6.07) is 3.73. The molecular weight excluding hydrogens is 356 g/mol. The van der Waals surface area contributed by atoms with Crippen LogP contribution in [0.4, 0.5) is 0 Å². The van der Waals surface area contributed by atoms with Crippen molar-refractivity contribution in [2.45, 2.75) is 13.0 Å². The van der Waals surface area contributed by atoms with Gasteiger partial charge in [-0.3, -0.25) is 4.79 Å². The average molecular weight is 368 g/mol. The summed E-state index contributed by atoms with van der Waals surface area (Å²) in [6.45, 7) is 0.328. The van der Waals surface area contributed by atoms with Crippen molar-refractivity contribution in [1.82, 2.24) is 0 Å². The lowest BCUT2D eigenvalue weighted by molar-refractivity contribution is -0.282. The fraction of sp³-hybridized carbons (Fsp3) is 0.364. The highest BCUT2D eigenvalue weighted by Gasteiger charge is 2.11. The summed E-state index contributed by atoms with van der Waals surface area (Å²) in [4.78, 5) is 20.6. The second-order valence-corrected chi connectivity index (χ2v) is 4.93. The van der Waals surface area contributed by atoms with Crippen LogP contribution in [0.2, 0.25) is 0 Å². The molecule has 4 nitrogen and oxygen atoms in total. The smallest absolute Gasteiger partial charge is 0.310 e. The Bertz CT molecular complexity index is 407. The van der Waals surface area contributed by atoms with Gasteiger partial charge in [-0.05, 0) is 23.3 Å². The summed E-state index contributed by atoms with van der Waals surface area (Å²) in [7, 11) is 2.82. The van der Waals surface area contributed by atoms with Crippen LogP contribution in [0.3, 0.4) is 0 Å². The van der Waals surface area contributed by atoms with Crippen LogP contribution in [0.15, 0.2) is 21.1 Å². The Labute approximate surface area is 116 Å². The summed E-state index contributed by atoms with van der Waals surface area (Å²) in [5.41, 5.74) is 1.78. The highest BCUT2D eigenvalue weighted by atomic mass is 79.9. The molecule has 1 rings (SSSR count). The molecule has 0 heterocycles. The zero-order chi connectivity index (χ0) is 12.8. The van der Waals surface area contributed by atoms with Crippen LogP contribution in [0.5, 0.6) is 0 Å². The van der Waals surface area contributed by atoms with Gasteiger partial charge in [0.05, 0.1) is 20.6 Å². The van der Waals surface area contributed by atoms with Crippen LogP contribution in [-0.4, -0.2) is 20.2 Å². The van der Waals surface area contributed by atoms with Gasteiger partial charge in [0, 0.05) is 8.95 Å². The first kappa shape index (κ1) is 14.6. The van der Waals surface area contributed by atoms with Gasteiger partial charge in [-0.2, -0.15) is 0 Å². The zero-order valence-electron chi connectivity index (χ0n) is 9.46. The molecule has 0 N–H and O–H groups in total. The molecule has 0 aromatic heterocycles. The van der Waals surface area contributed by atoms with Crippen molar-refractivity contribution in [2.24, 2.45) is 0 Å².